The van der Waals surface area contributed by atoms with Gasteiger partial charge in [-0.3, -0.25) is 0 Å². The van der Waals surface area contributed by atoms with Crippen molar-refractivity contribution in [3.05, 3.63) is 30.8 Å². The highest BCUT2D eigenvalue weighted by Crippen LogP contribution is 2.32. The average Bonchev–Trinajstić information content (AvgIpc) is 2.83. The summed E-state index contributed by atoms with van der Waals surface area (Å²) >= 11 is 4.54. The van der Waals surface area contributed by atoms with Crippen LogP contribution in [0.15, 0.2) is 40.2 Å². The second-order valence-electron chi connectivity index (χ2n) is 2.95. The molecule has 0 atom stereocenters. The Balaban J connectivity index is 2.51. The van der Waals surface area contributed by atoms with E-state index >= 15 is 0 Å². The van der Waals surface area contributed by atoms with Crippen LogP contribution in [0.1, 0.15) is 0 Å². The second kappa shape index (κ2) is 4.70. The van der Waals surface area contributed by atoms with Gasteiger partial charge in [0.2, 0.25) is 0 Å². The highest BCUT2D eigenvalue weighted by Gasteiger charge is 2.09. The number of thiocarbonyl (C=S) groups is 1. The van der Waals surface area contributed by atoms with Crippen molar-refractivity contribution < 1.29 is 9.15 Å². The summed E-state index contributed by atoms with van der Waals surface area (Å²) in [6.07, 6.45) is 3.00. The Hall–Kier alpha value is -1.97. The number of hydrogen-bond acceptors (Lipinski definition) is 5. The SMILES string of the molecule is COc1cc(N=C=S)ccc1-c1cnco1. The zero-order valence-electron chi connectivity index (χ0n) is 8.51. The first-order valence-electron chi connectivity index (χ1n) is 4.50. The van der Waals surface area contributed by atoms with E-state index in [0.29, 0.717) is 17.2 Å². The summed E-state index contributed by atoms with van der Waals surface area (Å²) < 4.78 is 10.5. The summed E-state index contributed by atoms with van der Waals surface area (Å²) in [5.74, 6) is 1.30. The third-order valence-corrected chi connectivity index (χ3v) is 2.15. The Labute approximate surface area is 97.6 Å². The van der Waals surface area contributed by atoms with Crippen molar-refractivity contribution in [3.63, 3.8) is 0 Å². The summed E-state index contributed by atoms with van der Waals surface area (Å²) in [7, 11) is 1.58. The molecule has 5 heteroatoms. The Morgan fingerprint density at radius 2 is 2.38 bits per heavy atom. The molecule has 0 saturated heterocycles. The Bertz CT molecular complexity index is 531. The van der Waals surface area contributed by atoms with Crippen molar-refractivity contribution in [1.29, 1.82) is 0 Å². The third kappa shape index (κ3) is 2.00. The second-order valence-corrected chi connectivity index (χ2v) is 3.14. The Morgan fingerprint density at radius 3 is 3.00 bits per heavy atom. The maximum absolute atomic E-state index is 5.25. The summed E-state index contributed by atoms with van der Waals surface area (Å²) in [5.41, 5.74) is 1.51. The predicted molar refractivity (Wildman–Crippen MR) is 63.2 cm³/mol. The van der Waals surface area contributed by atoms with Gasteiger partial charge in [-0.25, -0.2) is 4.98 Å². The van der Waals surface area contributed by atoms with E-state index in [-0.39, 0.29) is 0 Å². The molecule has 0 fully saturated rings. The molecule has 0 spiro atoms. The summed E-state index contributed by atoms with van der Waals surface area (Å²) in [6.45, 7) is 0. The molecule has 4 nitrogen and oxygen atoms in total. The quantitative estimate of drug-likeness (QED) is 0.602. The third-order valence-electron chi connectivity index (χ3n) is 2.06. The summed E-state index contributed by atoms with van der Waals surface area (Å²) in [5, 5.41) is 2.31. The molecule has 1 heterocycles. The highest BCUT2D eigenvalue weighted by molar-refractivity contribution is 7.78. The zero-order chi connectivity index (χ0) is 11.4. The van der Waals surface area contributed by atoms with Crippen molar-refractivity contribution in [2.45, 2.75) is 0 Å². The molecule has 0 aliphatic carbocycles. The van der Waals surface area contributed by atoms with Crippen molar-refractivity contribution in [3.8, 4) is 17.1 Å². The number of methoxy groups -OCH3 is 1. The molecule has 1 aromatic heterocycles. The van der Waals surface area contributed by atoms with Gasteiger partial charge in [0.15, 0.2) is 12.2 Å². The zero-order valence-corrected chi connectivity index (χ0v) is 9.32. The van der Waals surface area contributed by atoms with Crippen LogP contribution in [-0.4, -0.2) is 17.3 Å². The van der Waals surface area contributed by atoms with E-state index in [9.17, 15) is 0 Å². The molecule has 2 aromatic rings. The fourth-order valence-electron chi connectivity index (χ4n) is 1.35. The fourth-order valence-corrected chi connectivity index (χ4v) is 1.46. The maximum atomic E-state index is 5.25. The summed E-state index contributed by atoms with van der Waals surface area (Å²) in [4.78, 5) is 7.73. The summed E-state index contributed by atoms with van der Waals surface area (Å²) in [6, 6.07) is 5.40. The minimum Gasteiger partial charge on any atom is -0.496 e. The molecule has 0 bridgehead atoms. The van der Waals surface area contributed by atoms with Crippen LogP contribution in [-0.2, 0) is 0 Å². The minimum atomic E-state index is 0.648. The lowest BCUT2D eigenvalue weighted by molar-refractivity contribution is 0.415. The van der Waals surface area contributed by atoms with Gasteiger partial charge in [0.25, 0.3) is 0 Å². The monoisotopic (exact) mass is 232 g/mol. The molecule has 1 aromatic carbocycles. The number of hydrogen-bond donors (Lipinski definition) is 0. The van der Waals surface area contributed by atoms with Gasteiger partial charge in [0.05, 0.1) is 29.7 Å². The number of isothiocyanates is 1. The molecular weight excluding hydrogens is 224 g/mol. The van der Waals surface area contributed by atoms with Gasteiger partial charge < -0.3 is 9.15 Å². The molecule has 0 aliphatic heterocycles. The van der Waals surface area contributed by atoms with E-state index in [1.165, 1.54) is 6.39 Å². The van der Waals surface area contributed by atoms with Gasteiger partial charge in [0.1, 0.15) is 5.75 Å². The normalized spacial score (nSPS) is 9.56. The van der Waals surface area contributed by atoms with Crippen molar-refractivity contribution in [1.82, 2.24) is 4.98 Å². The first kappa shape index (κ1) is 10.5. The van der Waals surface area contributed by atoms with Crippen LogP contribution in [0, 0.1) is 0 Å². The molecule has 0 amide bonds. The van der Waals surface area contributed by atoms with Crippen LogP contribution >= 0.6 is 12.2 Å². The number of nitrogens with zero attached hydrogens (tertiary/aromatic N) is 2. The van der Waals surface area contributed by atoms with E-state index < -0.39 is 0 Å². The molecule has 80 valence electrons. The number of ether oxygens (including phenoxy) is 1. The van der Waals surface area contributed by atoms with Gasteiger partial charge in [-0.15, -0.1) is 0 Å². The minimum absolute atomic E-state index is 0.648. The average molecular weight is 232 g/mol. The van der Waals surface area contributed by atoms with E-state index in [0.717, 1.165) is 5.56 Å². The molecule has 0 unspecified atom stereocenters. The van der Waals surface area contributed by atoms with Crippen LogP contribution in [0.4, 0.5) is 5.69 Å². The lowest BCUT2D eigenvalue weighted by atomic mass is 10.1. The molecule has 0 aliphatic rings. The van der Waals surface area contributed by atoms with Gasteiger partial charge in [-0.2, -0.15) is 4.99 Å². The maximum Gasteiger partial charge on any atom is 0.181 e. The van der Waals surface area contributed by atoms with E-state index in [4.69, 9.17) is 9.15 Å². The first-order valence-corrected chi connectivity index (χ1v) is 4.90. The smallest absolute Gasteiger partial charge is 0.181 e. The first-order chi connectivity index (χ1) is 7.85. The van der Waals surface area contributed by atoms with Crippen molar-refractivity contribution in [2.24, 2.45) is 4.99 Å². The molecule has 0 N–H and O–H groups in total. The Kier molecular flexibility index (Phi) is 3.10. The van der Waals surface area contributed by atoms with Gasteiger partial charge in [0, 0.05) is 6.07 Å². The molecular formula is C11H8N2O2S. The van der Waals surface area contributed by atoms with Crippen molar-refractivity contribution in [2.75, 3.05) is 7.11 Å². The van der Waals surface area contributed by atoms with Crippen molar-refractivity contribution >= 4 is 23.1 Å². The number of benzene rings is 1. The van der Waals surface area contributed by atoms with Crippen LogP contribution in [0.3, 0.4) is 0 Å². The fraction of sp³-hybridized carbons (Fsp3) is 0.0909. The van der Waals surface area contributed by atoms with Crippen LogP contribution < -0.4 is 4.74 Å². The topological polar surface area (TPSA) is 47.6 Å². The number of aliphatic imine (C=N–C) groups is 1. The largest absolute Gasteiger partial charge is 0.496 e. The van der Waals surface area contributed by atoms with Crippen LogP contribution in [0.2, 0.25) is 0 Å². The standard InChI is InChI=1S/C11H8N2O2S/c1-14-10-4-8(13-7-16)2-3-9(10)11-5-12-6-15-11/h2-6H,1H3. The van der Waals surface area contributed by atoms with Crippen LogP contribution in [0.5, 0.6) is 5.75 Å². The molecule has 16 heavy (non-hydrogen) atoms. The predicted octanol–water partition coefficient (Wildman–Crippen LogP) is 3.08. The van der Waals surface area contributed by atoms with E-state index in [2.05, 4.69) is 27.4 Å². The lowest BCUT2D eigenvalue weighted by Crippen LogP contribution is -1.86. The highest BCUT2D eigenvalue weighted by atomic mass is 32.1. The van der Waals surface area contributed by atoms with Gasteiger partial charge in [-0.1, -0.05) is 0 Å². The molecule has 0 saturated carbocycles. The number of aromatic nitrogens is 1. The molecule has 0 radical (unpaired) electrons. The Morgan fingerprint density at radius 1 is 1.50 bits per heavy atom. The van der Waals surface area contributed by atoms with Crippen LogP contribution in [0.25, 0.3) is 11.3 Å². The number of oxazole rings is 1. The van der Waals surface area contributed by atoms with Gasteiger partial charge >= 0.3 is 0 Å². The number of rotatable bonds is 3. The van der Waals surface area contributed by atoms with E-state index in [1.807, 2.05) is 6.07 Å². The lowest BCUT2D eigenvalue weighted by Gasteiger charge is -2.05. The van der Waals surface area contributed by atoms with E-state index in [1.54, 1.807) is 25.4 Å². The van der Waals surface area contributed by atoms with Gasteiger partial charge in [-0.05, 0) is 24.4 Å². The molecule has 2 rings (SSSR count).